The molecule has 0 spiro atoms. The van der Waals surface area contributed by atoms with Crippen LogP contribution in [0.3, 0.4) is 0 Å². The highest BCUT2D eigenvalue weighted by molar-refractivity contribution is 7.89. The van der Waals surface area contributed by atoms with Crippen LogP contribution in [-0.2, 0) is 14.8 Å². The normalized spacial score (nSPS) is 11.7. The van der Waals surface area contributed by atoms with Gasteiger partial charge in [-0.15, -0.1) is 0 Å². The lowest BCUT2D eigenvalue weighted by atomic mass is 10.1. The van der Waals surface area contributed by atoms with Crippen LogP contribution < -0.4 is 5.32 Å². The number of carbonyl (C=O) groups is 1. The number of para-hydroxylation sites is 1. The lowest BCUT2D eigenvalue weighted by molar-refractivity contribution is -0.116. The van der Waals surface area contributed by atoms with E-state index in [9.17, 15) is 17.6 Å². The number of sulfonamides is 1. The molecule has 0 radical (unpaired) electrons. The molecule has 0 aliphatic rings. The van der Waals surface area contributed by atoms with Gasteiger partial charge in [-0.1, -0.05) is 67.9 Å². The second-order valence-electron chi connectivity index (χ2n) is 8.84. The van der Waals surface area contributed by atoms with Crippen molar-refractivity contribution in [2.24, 2.45) is 5.92 Å². The van der Waals surface area contributed by atoms with Crippen molar-refractivity contribution in [1.29, 1.82) is 0 Å². The van der Waals surface area contributed by atoms with Gasteiger partial charge in [0.2, 0.25) is 15.9 Å². The highest BCUT2D eigenvalue weighted by atomic mass is 35.5. The average Bonchev–Trinajstić information content (AvgIpc) is 3.27. The van der Waals surface area contributed by atoms with E-state index in [-0.39, 0.29) is 17.4 Å². The third-order valence-corrected chi connectivity index (χ3v) is 7.61. The number of aromatic nitrogens is 2. The largest absolute Gasteiger partial charge is 0.309 e. The van der Waals surface area contributed by atoms with Crippen LogP contribution >= 0.6 is 11.6 Å². The second kappa shape index (κ2) is 11.2. The third kappa shape index (κ3) is 6.25. The number of anilines is 1. The molecule has 0 unspecified atom stereocenters. The third-order valence-electron chi connectivity index (χ3n) is 5.47. The van der Waals surface area contributed by atoms with Gasteiger partial charge in [-0.05, 0) is 42.3 Å². The molecule has 0 aliphatic heterocycles. The van der Waals surface area contributed by atoms with Gasteiger partial charge in [0, 0.05) is 18.2 Å². The van der Waals surface area contributed by atoms with Gasteiger partial charge in [-0.2, -0.15) is 9.40 Å². The molecule has 1 aromatic heterocycles. The van der Waals surface area contributed by atoms with Gasteiger partial charge < -0.3 is 5.32 Å². The molecule has 37 heavy (non-hydrogen) atoms. The van der Waals surface area contributed by atoms with Gasteiger partial charge in [0.15, 0.2) is 0 Å². The summed E-state index contributed by atoms with van der Waals surface area (Å²) in [6.45, 7) is 3.37. The molecule has 10 heteroatoms. The number of rotatable bonds is 9. The summed E-state index contributed by atoms with van der Waals surface area (Å²) >= 11 is 6.42. The van der Waals surface area contributed by atoms with Gasteiger partial charge in [0.1, 0.15) is 11.6 Å². The Balaban J connectivity index is 1.66. The topological polar surface area (TPSA) is 84.3 Å². The lowest BCUT2D eigenvalue weighted by Gasteiger charge is -2.23. The summed E-state index contributed by atoms with van der Waals surface area (Å²) in [7, 11) is -4.04. The Kier molecular flexibility index (Phi) is 8.06. The maximum absolute atomic E-state index is 13.4. The molecule has 1 heterocycles. The summed E-state index contributed by atoms with van der Waals surface area (Å²) in [5, 5.41) is 7.88. The van der Waals surface area contributed by atoms with Gasteiger partial charge in [0.05, 0.1) is 27.8 Å². The molecule has 1 N–H and O–H groups in total. The van der Waals surface area contributed by atoms with E-state index in [4.69, 9.17) is 11.6 Å². The van der Waals surface area contributed by atoms with Crippen LogP contribution in [0.25, 0.3) is 16.9 Å². The van der Waals surface area contributed by atoms with Gasteiger partial charge in [0.25, 0.3) is 0 Å². The van der Waals surface area contributed by atoms with Crippen LogP contribution in [0.2, 0.25) is 5.02 Å². The summed E-state index contributed by atoms with van der Waals surface area (Å²) < 4.78 is 42.5. The van der Waals surface area contributed by atoms with Crippen molar-refractivity contribution in [2.75, 3.05) is 18.4 Å². The Labute approximate surface area is 220 Å². The highest BCUT2D eigenvalue weighted by Gasteiger charge is 2.28. The first-order valence-corrected chi connectivity index (χ1v) is 13.4. The molecule has 7 nitrogen and oxygen atoms in total. The van der Waals surface area contributed by atoms with Crippen LogP contribution in [0.15, 0.2) is 89.8 Å². The predicted octanol–water partition coefficient (Wildman–Crippen LogP) is 5.62. The van der Waals surface area contributed by atoms with Crippen LogP contribution in [0.5, 0.6) is 0 Å². The summed E-state index contributed by atoms with van der Waals surface area (Å²) in [6.07, 6.45) is 0. The van der Waals surface area contributed by atoms with E-state index in [0.29, 0.717) is 22.2 Å². The zero-order valence-corrected chi connectivity index (χ0v) is 21.9. The molecule has 0 aliphatic carbocycles. The van der Waals surface area contributed by atoms with Crippen molar-refractivity contribution in [2.45, 2.75) is 18.7 Å². The van der Waals surface area contributed by atoms with E-state index in [0.717, 1.165) is 22.0 Å². The van der Waals surface area contributed by atoms with E-state index in [1.54, 1.807) is 30.3 Å². The number of halogens is 2. The summed E-state index contributed by atoms with van der Waals surface area (Å²) in [4.78, 5) is 13.1. The standard InChI is InChI=1S/C27H26ClFN4O3S/c1-19(2)17-32(37(35,36)22-14-12-21(29)13-15-22)18-27(34)30-26-16-24(20-8-4-3-5-9-20)31-33(26)25-11-7-6-10-23(25)28/h3-16,19H,17-18H2,1-2H3,(H,30,34). The molecule has 0 atom stereocenters. The molecule has 4 aromatic rings. The van der Waals surface area contributed by atoms with E-state index in [2.05, 4.69) is 10.4 Å². The van der Waals surface area contributed by atoms with E-state index in [1.807, 2.05) is 44.2 Å². The fourth-order valence-corrected chi connectivity index (χ4v) is 5.56. The zero-order chi connectivity index (χ0) is 26.6. The first kappa shape index (κ1) is 26.5. The van der Waals surface area contributed by atoms with Gasteiger partial charge in [-0.25, -0.2) is 17.5 Å². The van der Waals surface area contributed by atoms with Crippen LogP contribution in [0, 0.1) is 11.7 Å². The van der Waals surface area contributed by atoms with Crippen LogP contribution in [0.1, 0.15) is 13.8 Å². The Bertz CT molecular complexity index is 1490. The maximum Gasteiger partial charge on any atom is 0.243 e. The molecule has 0 fully saturated rings. The molecule has 0 saturated heterocycles. The predicted molar refractivity (Wildman–Crippen MR) is 143 cm³/mol. The zero-order valence-electron chi connectivity index (χ0n) is 20.3. The Hall–Kier alpha value is -3.53. The Morgan fingerprint density at radius 3 is 2.32 bits per heavy atom. The minimum Gasteiger partial charge on any atom is -0.309 e. The number of nitrogens with one attached hydrogen (secondary N) is 1. The van der Waals surface area contributed by atoms with Crippen molar-refractivity contribution in [1.82, 2.24) is 14.1 Å². The lowest BCUT2D eigenvalue weighted by Crippen LogP contribution is -2.40. The van der Waals surface area contributed by atoms with Crippen LogP contribution in [-0.4, -0.2) is 41.5 Å². The molecule has 0 bridgehead atoms. The van der Waals surface area contributed by atoms with E-state index < -0.39 is 28.3 Å². The van der Waals surface area contributed by atoms with Gasteiger partial charge >= 0.3 is 0 Å². The monoisotopic (exact) mass is 540 g/mol. The minimum atomic E-state index is -4.04. The molecular formula is C27H26ClFN4O3S. The molecule has 0 saturated carbocycles. The summed E-state index contributed by atoms with van der Waals surface area (Å²) in [5.41, 5.74) is 2.00. The molecular weight excluding hydrogens is 515 g/mol. The second-order valence-corrected chi connectivity index (χ2v) is 11.2. The number of carbonyl (C=O) groups excluding carboxylic acids is 1. The van der Waals surface area contributed by atoms with Crippen molar-refractivity contribution in [3.05, 3.63) is 95.8 Å². The van der Waals surface area contributed by atoms with Crippen molar-refractivity contribution in [3.63, 3.8) is 0 Å². The smallest absolute Gasteiger partial charge is 0.243 e. The fourth-order valence-electron chi connectivity index (χ4n) is 3.78. The Morgan fingerprint density at radius 1 is 1.03 bits per heavy atom. The quantitative estimate of drug-likeness (QED) is 0.299. The number of amides is 1. The number of hydrogen-bond donors (Lipinski definition) is 1. The van der Waals surface area contributed by atoms with Crippen molar-refractivity contribution >= 4 is 33.3 Å². The molecule has 1 amide bonds. The fraction of sp³-hybridized carbons (Fsp3) is 0.185. The Morgan fingerprint density at radius 2 is 1.68 bits per heavy atom. The number of hydrogen-bond acceptors (Lipinski definition) is 4. The number of nitrogens with zero attached hydrogens (tertiary/aromatic N) is 3. The van der Waals surface area contributed by atoms with Gasteiger partial charge in [-0.3, -0.25) is 4.79 Å². The van der Waals surface area contributed by atoms with Crippen molar-refractivity contribution in [3.8, 4) is 16.9 Å². The first-order chi connectivity index (χ1) is 17.6. The average molecular weight is 541 g/mol. The van der Waals surface area contributed by atoms with E-state index in [1.165, 1.54) is 16.8 Å². The molecule has 3 aromatic carbocycles. The number of benzene rings is 3. The first-order valence-electron chi connectivity index (χ1n) is 11.6. The maximum atomic E-state index is 13.4. The van der Waals surface area contributed by atoms with E-state index >= 15 is 0 Å². The SMILES string of the molecule is CC(C)CN(CC(=O)Nc1cc(-c2ccccc2)nn1-c1ccccc1Cl)S(=O)(=O)c1ccc(F)cc1. The molecule has 4 rings (SSSR count). The minimum absolute atomic E-state index is 0.0543. The molecule has 192 valence electrons. The summed E-state index contributed by atoms with van der Waals surface area (Å²) in [6, 6.07) is 22.7. The highest BCUT2D eigenvalue weighted by Crippen LogP contribution is 2.28. The van der Waals surface area contributed by atoms with Crippen molar-refractivity contribution < 1.29 is 17.6 Å². The van der Waals surface area contributed by atoms with Crippen LogP contribution in [0.4, 0.5) is 10.2 Å². The summed E-state index contributed by atoms with van der Waals surface area (Å²) in [5.74, 6) is -0.824.